The topological polar surface area (TPSA) is 45.9 Å². The molecule has 1 aromatic rings. The van der Waals surface area contributed by atoms with Crippen LogP contribution in [0.1, 0.15) is 16.8 Å². The molecule has 0 bridgehead atoms. The Kier molecular flexibility index (Phi) is 4.99. The predicted molar refractivity (Wildman–Crippen MR) is 61.3 cm³/mol. The van der Waals surface area contributed by atoms with Gasteiger partial charge in [0.2, 0.25) is 0 Å². The van der Waals surface area contributed by atoms with Gasteiger partial charge >= 0.3 is 6.18 Å². The highest BCUT2D eigenvalue weighted by atomic mass is 32.2. The number of rotatable bonds is 4. The Bertz CT molecular complexity index is 469. The van der Waals surface area contributed by atoms with E-state index >= 15 is 0 Å². The molecule has 98 valence electrons. The molecule has 0 aliphatic rings. The number of halogens is 3. The standard InChI is InChI=1S/C11H11F3N2OS/c1-7-5-9(11(12,13)14)8(6-15)10(16-7)18-4-3-17-2/h5H,3-4H2,1-2H3. The van der Waals surface area contributed by atoms with E-state index in [9.17, 15) is 13.2 Å². The Morgan fingerprint density at radius 2 is 2.17 bits per heavy atom. The van der Waals surface area contributed by atoms with Gasteiger partial charge in [-0.05, 0) is 13.0 Å². The van der Waals surface area contributed by atoms with Gasteiger partial charge in [0.15, 0.2) is 0 Å². The number of aromatic nitrogens is 1. The molecule has 0 unspecified atom stereocenters. The highest BCUT2D eigenvalue weighted by Gasteiger charge is 2.35. The maximum absolute atomic E-state index is 12.8. The maximum Gasteiger partial charge on any atom is 0.417 e. The van der Waals surface area contributed by atoms with Crippen LogP contribution >= 0.6 is 11.8 Å². The molecule has 0 N–H and O–H groups in total. The number of aryl methyl sites for hydroxylation is 1. The van der Waals surface area contributed by atoms with Gasteiger partial charge in [0.1, 0.15) is 11.1 Å². The van der Waals surface area contributed by atoms with Crippen LogP contribution in [-0.2, 0) is 10.9 Å². The lowest BCUT2D eigenvalue weighted by molar-refractivity contribution is -0.138. The predicted octanol–water partition coefficient (Wildman–Crippen LogP) is 3.02. The highest BCUT2D eigenvalue weighted by molar-refractivity contribution is 7.99. The van der Waals surface area contributed by atoms with Crippen LogP contribution in [0.25, 0.3) is 0 Å². The van der Waals surface area contributed by atoms with Crippen LogP contribution in [0.15, 0.2) is 11.1 Å². The maximum atomic E-state index is 12.8. The molecule has 0 spiro atoms. The van der Waals surface area contributed by atoms with Crippen LogP contribution < -0.4 is 0 Å². The minimum absolute atomic E-state index is 0.0990. The summed E-state index contributed by atoms with van der Waals surface area (Å²) in [4.78, 5) is 3.97. The summed E-state index contributed by atoms with van der Waals surface area (Å²) < 4.78 is 43.1. The van der Waals surface area contributed by atoms with Crippen molar-refractivity contribution in [2.45, 2.75) is 18.1 Å². The van der Waals surface area contributed by atoms with Crippen LogP contribution in [0.5, 0.6) is 0 Å². The number of methoxy groups -OCH3 is 1. The van der Waals surface area contributed by atoms with Crippen molar-refractivity contribution >= 4 is 11.8 Å². The molecule has 0 aliphatic carbocycles. The summed E-state index contributed by atoms with van der Waals surface area (Å²) in [6, 6.07) is 2.47. The molecule has 1 aromatic heterocycles. The summed E-state index contributed by atoms with van der Waals surface area (Å²) in [5, 5.41) is 8.97. The van der Waals surface area contributed by atoms with Gasteiger partial charge < -0.3 is 4.74 Å². The van der Waals surface area contributed by atoms with E-state index in [2.05, 4.69) is 4.98 Å². The molecule has 0 saturated heterocycles. The molecule has 18 heavy (non-hydrogen) atoms. The second kappa shape index (κ2) is 6.07. The third-order valence-electron chi connectivity index (χ3n) is 2.06. The van der Waals surface area contributed by atoms with Crippen molar-refractivity contribution in [1.82, 2.24) is 4.98 Å². The zero-order chi connectivity index (χ0) is 13.8. The van der Waals surface area contributed by atoms with Gasteiger partial charge in [0.05, 0.1) is 17.7 Å². The number of ether oxygens (including phenoxy) is 1. The number of alkyl halides is 3. The Hall–Kier alpha value is -1.26. The van der Waals surface area contributed by atoms with Crippen molar-refractivity contribution in [3.63, 3.8) is 0 Å². The van der Waals surface area contributed by atoms with Gasteiger partial charge in [0, 0.05) is 18.6 Å². The van der Waals surface area contributed by atoms with Crippen LogP contribution in [0.4, 0.5) is 13.2 Å². The number of hydrogen-bond acceptors (Lipinski definition) is 4. The van der Waals surface area contributed by atoms with Crippen molar-refractivity contribution in [2.75, 3.05) is 19.5 Å². The fraction of sp³-hybridized carbons (Fsp3) is 0.455. The molecule has 0 fully saturated rings. The molecule has 0 radical (unpaired) electrons. The fourth-order valence-electron chi connectivity index (χ4n) is 1.30. The van der Waals surface area contributed by atoms with E-state index in [0.29, 0.717) is 12.4 Å². The zero-order valence-corrected chi connectivity index (χ0v) is 10.7. The lowest BCUT2D eigenvalue weighted by atomic mass is 10.1. The number of thioether (sulfide) groups is 1. The molecule has 0 aromatic carbocycles. The average molecular weight is 276 g/mol. The summed E-state index contributed by atoms with van der Waals surface area (Å²) in [6.07, 6.45) is -4.55. The third kappa shape index (κ3) is 3.62. The number of hydrogen-bond donors (Lipinski definition) is 0. The normalized spacial score (nSPS) is 11.3. The van der Waals surface area contributed by atoms with Gasteiger partial charge in [0.25, 0.3) is 0 Å². The minimum Gasteiger partial charge on any atom is -0.384 e. The quantitative estimate of drug-likeness (QED) is 0.626. The Balaban J connectivity index is 3.18. The summed E-state index contributed by atoms with van der Waals surface area (Å²) in [5.41, 5.74) is -1.12. The first-order valence-corrected chi connectivity index (χ1v) is 5.99. The lowest BCUT2D eigenvalue weighted by Crippen LogP contribution is -2.11. The van der Waals surface area contributed by atoms with E-state index in [4.69, 9.17) is 10.00 Å². The Morgan fingerprint density at radius 1 is 1.50 bits per heavy atom. The minimum atomic E-state index is -4.55. The van der Waals surface area contributed by atoms with Crippen molar-refractivity contribution in [3.8, 4) is 6.07 Å². The molecule has 0 atom stereocenters. The fourth-order valence-corrected chi connectivity index (χ4v) is 2.25. The Morgan fingerprint density at radius 3 is 2.67 bits per heavy atom. The van der Waals surface area contributed by atoms with E-state index in [1.807, 2.05) is 0 Å². The second-order valence-electron chi connectivity index (χ2n) is 3.44. The van der Waals surface area contributed by atoms with Crippen molar-refractivity contribution in [2.24, 2.45) is 0 Å². The number of pyridine rings is 1. The van der Waals surface area contributed by atoms with E-state index in [-0.39, 0.29) is 10.7 Å². The Labute approximate surface area is 107 Å². The first-order valence-electron chi connectivity index (χ1n) is 5.00. The first-order chi connectivity index (χ1) is 8.40. The van der Waals surface area contributed by atoms with Gasteiger partial charge in [-0.3, -0.25) is 0 Å². The number of nitrogens with zero attached hydrogens (tertiary/aromatic N) is 2. The SMILES string of the molecule is COCCSc1nc(C)cc(C(F)(F)F)c1C#N. The summed E-state index contributed by atoms with van der Waals surface area (Å²) >= 11 is 1.08. The van der Waals surface area contributed by atoms with Crippen LogP contribution in [0.2, 0.25) is 0 Å². The second-order valence-corrected chi connectivity index (χ2v) is 4.53. The molecule has 0 amide bonds. The molecule has 7 heteroatoms. The van der Waals surface area contributed by atoms with Crippen LogP contribution in [0, 0.1) is 18.3 Å². The van der Waals surface area contributed by atoms with E-state index in [1.165, 1.54) is 14.0 Å². The van der Waals surface area contributed by atoms with Crippen LogP contribution in [0.3, 0.4) is 0 Å². The third-order valence-corrected chi connectivity index (χ3v) is 3.00. The zero-order valence-electron chi connectivity index (χ0n) is 9.84. The van der Waals surface area contributed by atoms with E-state index in [1.54, 1.807) is 6.07 Å². The molecule has 0 saturated carbocycles. The summed E-state index contributed by atoms with van der Waals surface area (Å²) in [7, 11) is 1.50. The number of nitriles is 1. The summed E-state index contributed by atoms with van der Waals surface area (Å²) in [6.45, 7) is 1.85. The molecule has 1 heterocycles. The van der Waals surface area contributed by atoms with Gasteiger partial charge in [-0.25, -0.2) is 4.98 Å². The van der Waals surface area contributed by atoms with Gasteiger partial charge in [-0.2, -0.15) is 18.4 Å². The van der Waals surface area contributed by atoms with Crippen molar-refractivity contribution in [3.05, 3.63) is 22.9 Å². The molecule has 0 aliphatic heterocycles. The van der Waals surface area contributed by atoms with Gasteiger partial charge in [-0.1, -0.05) is 0 Å². The smallest absolute Gasteiger partial charge is 0.384 e. The summed E-state index contributed by atoms with van der Waals surface area (Å²) in [5.74, 6) is 0.443. The van der Waals surface area contributed by atoms with Gasteiger partial charge in [-0.15, -0.1) is 11.8 Å². The molecular weight excluding hydrogens is 265 g/mol. The average Bonchev–Trinajstić information content (AvgIpc) is 2.27. The van der Waals surface area contributed by atoms with Crippen molar-refractivity contribution < 1.29 is 17.9 Å². The monoisotopic (exact) mass is 276 g/mol. The largest absolute Gasteiger partial charge is 0.417 e. The van der Waals surface area contributed by atoms with E-state index in [0.717, 1.165) is 17.8 Å². The molecule has 3 nitrogen and oxygen atoms in total. The van der Waals surface area contributed by atoms with Crippen LogP contribution in [-0.4, -0.2) is 24.5 Å². The lowest BCUT2D eigenvalue weighted by Gasteiger charge is -2.12. The highest BCUT2D eigenvalue weighted by Crippen LogP contribution is 2.35. The van der Waals surface area contributed by atoms with Crippen molar-refractivity contribution in [1.29, 1.82) is 5.26 Å². The van der Waals surface area contributed by atoms with E-state index < -0.39 is 17.3 Å². The molecule has 1 rings (SSSR count). The molecular formula is C11H11F3N2OS. The first kappa shape index (κ1) is 14.8.